The van der Waals surface area contributed by atoms with E-state index in [-0.39, 0.29) is 5.03 Å². The van der Waals surface area contributed by atoms with Crippen LogP contribution in [0.1, 0.15) is 38.5 Å². The molecule has 1 rings (SSSR count). The first-order chi connectivity index (χ1) is 6.20. The number of hydrogen-bond acceptors (Lipinski definition) is 1. The van der Waals surface area contributed by atoms with Gasteiger partial charge in [-0.2, -0.15) is 0 Å². The van der Waals surface area contributed by atoms with Crippen LogP contribution in [0.4, 0.5) is 0 Å². The molecule has 74 valence electrons. The predicted octanol–water partition coefficient (Wildman–Crippen LogP) is 3.16. The molecular formula is C10H15ClO2. The summed E-state index contributed by atoms with van der Waals surface area (Å²) in [6.45, 7) is 0. The van der Waals surface area contributed by atoms with Crippen molar-refractivity contribution in [1.82, 2.24) is 0 Å². The number of aliphatic carboxylic acids is 1. The minimum absolute atomic E-state index is 0.0365. The first-order valence-corrected chi connectivity index (χ1v) is 5.17. The Kier molecular flexibility index (Phi) is 4.29. The monoisotopic (exact) mass is 202 g/mol. The highest BCUT2D eigenvalue weighted by atomic mass is 35.5. The summed E-state index contributed by atoms with van der Waals surface area (Å²) >= 11 is 5.50. The van der Waals surface area contributed by atoms with Crippen molar-refractivity contribution >= 4 is 17.6 Å². The van der Waals surface area contributed by atoms with Gasteiger partial charge < -0.3 is 5.11 Å². The van der Waals surface area contributed by atoms with E-state index >= 15 is 0 Å². The van der Waals surface area contributed by atoms with Crippen molar-refractivity contribution in [3.63, 3.8) is 0 Å². The van der Waals surface area contributed by atoms with Gasteiger partial charge in [0, 0.05) is 0 Å². The largest absolute Gasteiger partial charge is 0.477 e. The highest BCUT2D eigenvalue weighted by molar-refractivity contribution is 6.40. The van der Waals surface area contributed by atoms with Gasteiger partial charge in [0.25, 0.3) is 0 Å². The third-order valence-electron chi connectivity index (χ3n) is 2.56. The SMILES string of the molecule is O=C(O)C(Cl)=CCC1CCCCC1. The standard InChI is InChI=1S/C10H15ClO2/c11-9(10(12)13)7-6-8-4-2-1-3-5-8/h7-8H,1-6H2,(H,12,13). The summed E-state index contributed by atoms with van der Waals surface area (Å²) in [5, 5.41) is 8.47. The molecule has 0 atom stereocenters. The quantitative estimate of drug-likeness (QED) is 0.714. The molecule has 0 radical (unpaired) electrons. The van der Waals surface area contributed by atoms with E-state index < -0.39 is 5.97 Å². The summed E-state index contributed by atoms with van der Waals surface area (Å²) < 4.78 is 0. The fraction of sp³-hybridized carbons (Fsp3) is 0.700. The van der Waals surface area contributed by atoms with Crippen molar-refractivity contribution in [2.75, 3.05) is 0 Å². The maximum Gasteiger partial charge on any atom is 0.346 e. The Labute approximate surface area is 83.6 Å². The number of carboxylic acid groups (broad SMARTS) is 1. The van der Waals surface area contributed by atoms with Crippen LogP contribution in [0.3, 0.4) is 0 Å². The zero-order chi connectivity index (χ0) is 9.68. The van der Waals surface area contributed by atoms with E-state index in [1.807, 2.05) is 0 Å². The topological polar surface area (TPSA) is 37.3 Å². The van der Waals surface area contributed by atoms with Gasteiger partial charge in [-0.3, -0.25) is 0 Å². The van der Waals surface area contributed by atoms with Gasteiger partial charge in [-0.25, -0.2) is 4.79 Å². The second kappa shape index (κ2) is 5.28. The third kappa shape index (κ3) is 3.81. The van der Waals surface area contributed by atoms with Gasteiger partial charge in [-0.15, -0.1) is 0 Å². The van der Waals surface area contributed by atoms with Crippen LogP contribution in [0, 0.1) is 5.92 Å². The van der Waals surface area contributed by atoms with E-state index in [0.29, 0.717) is 5.92 Å². The lowest BCUT2D eigenvalue weighted by atomic mass is 9.87. The van der Waals surface area contributed by atoms with Crippen LogP contribution < -0.4 is 0 Å². The van der Waals surface area contributed by atoms with Gasteiger partial charge in [0.15, 0.2) is 0 Å². The molecule has 3 heteroatoms. The number of halogens is 1. The summed E-state index contributed by atoms with van der Waals surface area (Å²) in [7, 11) is 0. The fourth-order valence-corrected chi connectivity index (χ4v) is 1.87. The second-order valence-electron chi connectivity index (χ2n) is 3.60. The van der Waals surface area contributed by atoms with Gasteiger partial charge in [0.1, 0.15) is 5.03 Å². The van der Waals surface area contributed by atoms with E-state index in [1.165, 1.54) is 32.1 Å². The summed E-state index contributed by atoms with van der Waals surface area (Å²) in [6, 6.07) is 0. The zero-order valence-corrected chi connectivity index (χ0v) is 8.39. The van der Waals surface area contributed by atoms with Gasteiger partial charge in [-0.05, 0) is 12.3 Å². The molecule has 1 aliphatic rings. The first-order valence-electron chi connectivity index (χ1n) is 4.79. The number of carbonyl (C=O) groups is 1. The number of allylic oxidation sites excluding steroid dienone is 1. The fourth-order valence-electron chi connectivity index (χ4n) is 1.78. The Hall–Kier alpha value is -0.500. The van der Waals surface area contributed by atoms with Crippen molar-refractivity contribution in [2.24, 2.45) is 5.92 Å². The molecule has 0 amide bonds. The van der Waals surface area contributed by atoms with E-state index in [1.54, 1.807) is 6.08 Å². The van der Waals surface area contributed by atoms with Crippen LogP contribution in [-0.4, -0.2) is 11.1 Å². The Morgan fingerprint density at radius 1 is 1.38 bits per heavy atom. The van der Waals surface area contributed by atoms with Gasteiger partial charge in [0.2, 0.25) is 0 Å². The van der Waals surface area contributed by atoms with E-state index in [9.17, 15) is 4.79 Å². The van der Waals surface area contributed by atoms with Crippen molar-refractivity contribution in [3.8, 4) is 0 Å². The van der Waals surface area contributed by atoms with Crippen LogP contribution in [-0.2, 0) is 4.79 Å². The first kappa shape index (κ1) is 10.6. The smallest absolute Gasteiger partial charge is 0.346 e. The predicted molar refractivity (Wildman–Crippen MR) is 52.8 cm³/mol. The maximum atomic E-state index is 10.4. The van der Waals surface area contributed by atoms with Crippen LogP contribution in [0.25, 0.3) is 0 Å². The number of hydrogen-bond donors (Lipinski definition) is 1. The Bertz CT molecular complexity index is 205. The summed E-state index contributed by atoms with van der Waals surface area (Å²) in [6.07, 6.45) is 8.80. The van der Waals surface area contributed by atoms with Crippen LogP contribution >= 0.6 is 11.6 Å². The number of rotatable bonds is 3. The van der Waals surface area contributed by atoms with E-state index in [2.05, 4.69) is 0 Å². The van der Waals surface area contributed by atoms with Gasteiger partial charge in [-0.1, -0.05) is 49.8 Å². The number of carboxylic acids is 1. The molecule has 0 heterocycles. The molecule has 1 saturated carbocycles. The normalized spacial score (nSPS) is 20.2. The molecule has 13 heavy (non-hydrogen) atoms. The van der Waals surface area contributed by atoms with Crippen LogP contribution in [0.15, 0.2) is 11.1 Å². The van der Waals surface area contributed by atoms with E-state index in [4.69, 9.17) is 16.7 Å². The minimum atomic E-state index is -1.02. The highest BCUT2D eigenvalue weighted by Crippen LogP contribution is 2.27. The Morgan fingerprint density at radius 2 is 2.00 bits per heavy atom. The van der Waals surface area contributed by atoms with E-state index in [0.717, 1.165) is 6.42 Å². The van der Waals surface area contributed by atoms with Crippen molar-refractivity contribution < 1.29 is 9.90 Å². The molecule has 1 N–H and O–H groups in total. The molecule has 0 saturated heterocycles. The molecule has 1 fully saturated rings. The summed E-state index contributed by atoms with van der Waals surface area (Å²) in [4.78, 5) is 10.4. The average molecular weight is 203 g/mol. The summed E-state index contributed by atoms with van der Waals surface area (Å²) in [5.74, 6) is -0.362. The van der Waals surface area contributed by atoms with Crippen LogP contribution in [0.5, 0.6) is 0 Å². The molecule has 0 aromatic carbocycles. The van der Waals surface area contributed by atoms with Crippen molar-refractivity contribution in [1.29, 1.82) is 0 Å². The molecular weight excluding hydrogens is 188 g/mol. The Morgan fingerprint density at radius 3 is 2.54 bits per heavy atom. The van der Waals surface area contributed by atoms with Crippen molar-refractivity contribution in [2.45, 2.75) is 38.5 Å². The maximum absolute atomic E-state index is 10.4. The van der Waals surface area contributed by atoms with Crippen LogP contribution in [0.2, 0.25) is 0 Å². The average Bonchev–Trinajstić information content (AvgIpc) is 2.15. The molecule has 0 spiro atoms. The minimum Gasteiger partial charge on any atom is -0.477 e. The zero-order valence-electron chi connectivity index (χ0n) is 7.63. The molecule has 0 unspecified atom stereocenters. The lowest BCUT2D eigenvalue weighted by molar-refractivity contribution is -0.131. The van der Waals surface area contributed by atoms with Gasteiger partial charge in [0.05, 0.1) is 0 Å². The lowest BCUT2D eigenvalue weighted by Crippen LogP contribution is -2.05. The molecule has 0 bridgehead atoms. The Balaban J connectivity index is 2.31. The molecule has 0 aromatic rings. The van der Waals surface area contributed by atoms with Gasteiger partial charge >= 0.3 is 5.97 Å². The third-order valence-corrected chi connectivity index (χ3v) is 2.88. The second-order valence-corrected chi connectivity index (χ2v) is 4.00. The molecule has 2 nitrogen and oxygen atoms in total. The molecule has 0 aromatic heterocycles. The molecule has 1 aliphatic carbocycles. The van der Waals surface area contributed by atoms with Crippen molar-refractivity contribution in [3.05, 3.63) is 11.1 Å². The highest BCUT2D eigenvalue weighted by Gasteiger charge is 2.12. The molecule has 0 aliphatic heterocycles. The lowest BCUT2D eigenvalue weighted by Gasteiger charge is -2.19. The summed E-state index contributed by atoms with van der Waals surface area (Å²) in [5.41, 5.74) is 0.